The summed E-state index contributed by atoms with van der Waals surface area (Å²) in [7, 11) is 1.86. The second-order valence-electron chi connectivity index (χ2n) is 7.99. The van der Waals surface area contributed by atoms with E-state index in [1.54, 1.807) is 0 Å². The second kappa shape index (κ2) is 6.80. The molecule has 0 aromatic heterocycles. The highest BCUT2D eigenvalue weighted by Gasteiger charge is 2.30. The van der Waals surface area contributed by atoms with Gasteiger partial charge in [-0.25, -0.2) is 0 Å². The summed E-state index contributed by atoms with van der Waals surface area (Å²) in [5, 5.41) is 0. The molecule has 0 aliphatic heterocycles. The second-order valence-corrected chi connectivity index (χ2v) is 7.99. The van der Waals surface area contributed by atoms with E-state index in [1.807, 2.05) is 32.7 Å². The van der Waals surface area contributed by atoms with Crippen molar-refractivity contribution in [3.8, 4) is 0 Å². The van der Waals surface area contributed by atoms with E-state index in [4.69, 9.17) is 4.74 Å². The van der Waals surface area contributed by atoms with E-state index in [0.717, 1.165) is 25.7 Å². The van der Waals surface area contributed by atoms with Crippen molar-refractivity contribution in [1.29, 1.82) is 0 Å². The van der Waals surface area contributed by atoms with Crippen molar-refractivity contribution in [3.05, 3.63) is 0 Å². The van der Waals surface area contributed by atoms with Crippen LogP contribution < -0.4 is 0 Å². The van der Waals surface area contributed by atoms with E-state index in [9.17, 15) is 9.59 Å². The van der Waals surface area contributed by atoms with E-state index in [2.05, 4.69) is 13.8 Å². The van der Waals surface area contributed by atoms with Gasteiger partial charge in [-0.1, -0.05) is 13.8 Å². The molecule has 0 bridgehead atoms. The van der Waals surface area contributed by atoms with Crippen LogP contribution in [-0.4, -0.2) is 35.5 Å². The molecule has 0 N–H and O–H groups in total. The molecule has 0 heterocycles. The van der Waals surface area contributed by atoms with Crippen molar-refractivity contribution in [2.45, 2.75) is 84.8 Å². The minimum atomic E-state index is -0.485. The molecule has 122 valence electrons. The highest BCUT2D eigenvalue weighted by atomic mass is 16.6. The molecule has 1 aliphatic rings. The van der Waals surface area contributed by atoms with Crippen molar-refractivity contribution in [2.24, 2.45) is 5.41 Å². The summed E-state index contributed by atoms with van der Waals surface area (Å²) in [4.78, 5) is 25.7. The molecule has 0 saturated heterocycles. The molecule has 0 aromatic rings. The van der Waals surface area contributed by atoms with Crippen LogP contribution in [0.3, 0.4) is 0 Å². The summed E-state index contributed by atoms with van der Waals surface area (Å²) in [6, 6.07) is 0.323. The van der Waals surface area contributed by atoms with Crippen LogP contribution in [0.5, 0.6) is 0 Å². The Labute approximate surface area is 129 Å². The third-order valence-electron chi connectivity index (χ3n) is 4.21. The lowest BCUT2D eigenvalue weighted by molar-refractivity contribution is -0.156. The molecule has 0 aromatic carbocycles. The van der Waals surface area contributed by atoms with Crippen LogP contribution in [-0.2, 0) is 14.3 Å². The minimum absolute atomic E-state index is 0.0468. The predicted molar refractivity (Wildman–Crippen MR) is 83.9 cm³/mol. The third kappa shape index (κ3) is 6.49. The monoisotopic (exact) mass is 297 g/mol. The fourth-order valence-electron chi connectivity index (χ4n) is 2.75. The third-order valence-corrected chi connectivity index (χ3v) is 4.21. The van der Waals surface area contributed by atoms with Crippen LogP contribution in [0, 0.1) is 5.41 Å². The summed E-state index contributed by atoms with van der Waals surface area (Å²) in [6.45, 7) is 10.1. The predicted octanol–water partition coefficient (Wildman–Crippen LogP) is 3.54. The Morgan fingerprint density at radius 3 is 2.14 bits per heavy atom. The molecule has 0 radical (unpaired) electrons. The first-order valence-electron chi connectivity index (χ1n) is 7.98. The van der Waals surface area contributed by atoms with Gasteiger partial charge in [0.05, 0.1) is 6.42 Å². The summed E-state index contributed by atoms with van der Waals surface area (Å²) in [5.41, 5.74) is -0.0854. The zero-order valence-electron chi connectivity index (χ0n) is 14.5. The quantitative estimate of drug-likeness (QED) is 0.746. The number of carbonyl (C=O) groups excluding carboxylic acids is 2. The van der Waals surface area contributed by atoms with Gasteiger partial charge in [0, 0.05) is 19.5 Å². The van der Waals surface area contributed by atoms with Gasteiger partial charge in [0.2, 0.25) is 5.91 Å². The molecule has 0 atom stereocenters. The Morgan fingerprint density at radius 2 is 1.67 bits per heavy atom. The topological polar surface area (TPSA) is 46.6 Å². The molecule has 4 heteroatoms. The highest BCUT2D eigenvalue weighted by molar-refractivity contribution is 5.81. The highest BCUT2D eigenvalue weighted by Crippen LogP contribution is 2.36. The van der Waals surface area contributed by atoms with Crippen LogP contribution in [0.2, 0.25) is 0 Å². The van der Waals surface area contributed by atoms with Crippen molar-refractivity contribution >= 4 is 11.9 Å². The van der Waals surface area contributed by atoms with E-state index in [-0.39, 0.29) is 24.7 Å². The molecule has 21 heavy (non-hydrogen) atoms. The smallest absolute Gasteiger partial charge is 0.306 e. The number of carbonyl (C=O) groups is 2. The maximum atomic E-state index is 12.2. The molecule has 4 nitrogen and oxygen atoms in total. The molecule has 0 spiro atoms. The molecule has 1 aliphatic carbocycles. The number of amides is 1. The van der Waals surface area contributed by atoms with Crippen molar-refractivity contribution in [1.82, 2.24) is 4.90 Å². The Bertz CT molecular complexity index is 372. The SMILES string of the molecule is CN(C(=O)CCC(=O)OC(C)(C)C)C1CCC(C)(C)CC1. The molecule has 1 saturated carbocycles. The van der Waals surface area contributed by atoms with Crippen LogP contribution in [0.15, 0.2) is 0 Å². The van der Waals surface area contributed by atoms with E-state index in [1.165, 1.54) is 0 Å². The van der Waals surface area contributed by atoms with E-state index >= 15 is 0 Å². The zero-order valence-corrected chi connectivity index (χ0v) is 14.5. The van der Waals surface area contributed by atoms with Gasteiger partial charge >= 0.3 is 5.97 Å². The Balaban J connectivity index is 2.37. The van der Waals surface area contributed by atoms with Crippen molar-refractivity contribution in [3.63, 3.8) is 0 Å². The lowest BCUT2D eigenvalue weighted by atomic mass is 9.75. The van der Waals surface area contributed by atoms with Gasteiger partial charge in [-0.05, 0) is 51.9 Å². The standard InChI is InChI=1S/C17H31NO3/c1-16(2,3)21-15(20)8-7-14(19)18(6)13-9-11-17(4,5)12-10-13/h13H,7-12H2,1-6H3. The first kappa shape index (κ1) is 18.0. The average molecular weight is 297 g/mol. The Kier molecular flexibility index (Phi) is 5.83. The number of ether oxygens (including phenoxy) is 1. The van der Waals surface area contributed by atoms with Gasteiger partial charge in [-0.15, -0.1) is 0 Å². The van der Waals surface area contributed by atoms with E-state index in [0.29, 0.717) is 11.5 Å². The van der Waals surface area contributed by atoms with Crippen LogP contribution >= 0.6 is 0 Å². The Hall–Kier alpha value is -1.06. The maximum absolute atomic E-state index is 12.2. The van der Waals surface area contributed by atoms with Crippen molar-refractivity contribution in [2.75, 3.05) is 7.05 Å². The largest absolute Gasteiger partial charge is 0.460 e. The van der Waals surface area contributed by atoms with Gasteiger partial charge in [0.15, 0.2) is 0 Å². The minimum Gasteiger partial charge on any atom is -0.460 e. The normalized spacial score (nSPS) is 19.1. The van der Waals surface area contributed by atoms with Crippen LogP contribution in [0.1, 0.15) is 73.1 Å². The summed E-state index contributed by atoms with van der Waals surface area (Å²) < 4.78 is 5.23. The van der Waals surface area contributed by atoms with Crippen molar-refractivity contribution < 1.29 is 14.3 Å². The first-order chi connectivity index (χ1) is 9.50. The van der Waals surface area contributed by atoms with Gasteiger partial charge in [-0.2, -0.15) is 0 Å². The first-order valence-corrected chi connectivity index (χ1v) is 7.98. The molecule has 0 unspecified atom stereocenters. The Morgan fingerprint density at radius 1 is 1.14 bits per heavy atom. The number of hydrogen-bond donors (Lipinski definition) is 0. The summed E-state index contributed by atoms with van der Waals surface area (Å²) in [6.07, 6.45) is 4.83. The molecular weight excluding hydrogens is 266 g/mol. The lowest BCUT2D eigenvalue weighted by Crippen LogP contribution is -2.41. The fraction of sp³-hybridized carbons (Fsp3) is 0.882. The van der Waals surface area contributed by atoms with Gasteiger partial charge in [-0.3, -0.25) is 9.59 Å². The molecular formula is C17H31NO3. The van der Waals surface area contributed by atoms with E-state index < -0.39 is 5.60 Å². The number of nitrogens with zero attached hydrogens (tertiary/aromatic N) is 1. The summed E-state index contributed by atoms with van der Waals surface area (Å²) >= 11 is 0. The molecule has 1 fully saturated rings. The average Bonchev–Trinajstić information content (AvgIpc) is 2.33. The molecule has 1 rings (SSSR count). The molecule has 1 amide bonds. The van der Waals surface area contributed by atoms with Gasteiger partial charge in [0.25, 0.3) is 0 Å². The van der Waals surface area contributed by atoms with Gasteiger partial charge in [0.1, 0.15) is 5.60 Å². The maximum Gasteiger partial charge on any atom is 0.306 e. The number of esters is 1. The zero-order chi connectivity index (χ0) is 16.3. The summed E-state index contributed by atoms with van der Waals surface area (Å²) in [5.74, 6) is -0.250. The van der Waals surface area contributed by atoms with Crippen LogP contribution in [0.25, 0.3) is 0 Å². The van der Waals surface area contributed by atoms with Gasteiger partial charge < -0.3 is 9.64 Å². The fourth-order valence-corrected chi connectivity index (χ4v) is 2.75. The number of hydrogen-bond acceptors (Lipinski definition) is 3. The number of rotatable bonds is 4. The lowest BCUT2D eigenvalue weighted by Gasteiger charge is -2.38. The van der Waals surface area contributed by atoms with Crippen LogP contribution in [0.4, 0.5) is 0 Å².